The van der Waals surface area contributed by atoms with Crippen molar-refractivity contribution in [2.24, 2.45) is 11.0 Å². The van der Waals surface area contributed by atoms with Crippen LogP contribution in [0.2, 0.25) is 0 Å². The van der Waals surface area contributed by atoms with E-state index in [4.69, 9.17) is 19.3 Å². The Kier molecular flexibility index (Phi) is 8.11. The quantitative estimate of drug-likeness (QED) is 0.253. The average Bonchev–Trinajstić information content (AvgIpc) is 3.45. The number of allylic oxidation sites excluding steroid dienone is 1. The van der Waals surface area contributed by atoms with Gasteiger partial charge in [-0.05, 0) is 78.4 Å². The molecule has 0 radical (unpaired) electrons. The lowest BCUT2D eigenvalue weighted by Crippen LogP contribution is -2.36. The fourth-order valence-corrected chi connectivity index (χ4v) is 6.21. The number of amides is 1. The van der Waals surface area contributed by atoms with E-state index in [0.717, 1.165) is 53.2 Å². The molecule has 1 aliphatic carbocycles. The number of methoxy groups -OCH3 is 2. The van der Waals surface area contributed by atoms with Gasteiger partial charge < -0.3 is 19.1 Å². The molecule has 1 amide bonds. The molecule has 1 saturated carbocycles. The van der Waals surface area contributed by atoms with Crippen molar-refractivity contribution in [2.45, 2.75) is 25.3 Å². The van der Waals surface area contributed by atoms with E-state index in [1.165, 1.54) is 11.1 Å². The Morgan fingerprint density at radius 1 is 1.00 bits per heavy atom. The van der Waals surface area contributed by atoms with Gasteiger partial charge in [0.2, 0.25) is 0 Å². The molecule has 3 aliphatic rings. The number of nitro groups is 1. The molecule has 0 N–H and O–H groups in total. The van der Waals surface area contributed by atoms with E-state index in [9.17, 15) is 14.9 Å². The zero-order valence-electron chi connectivity index (χ0n) is 24.3. The van der Waals surface area contributed by atoms with Crippen LogP contribution >= 0.6 is 0 Å². The third kappa shape index (κ3) is 5.70. The molecule has 2 aliphatic heterocycles. The highest BCUT2D eigenvalue weighted by atomic mass is 16.6. The van der Waals surface area contributed by atoms with Gasteiger partial charge in [-0.25, -0.2) is 5.01 Å². The van der Waals surface area contributed by atoms with Gasteiger partial charge in [0.15, 0.2) is 0 Å². The van der Waals surface area contributed by atoms with Crippen LogP contribution in [0.3, 0.4) is 0 Å². The number of fused-ring (bicyclic) bond motifs is 1. The van der Waals surface area contributed by atoms with Crippen LogP contribution in [-0.4, -0.2) is 62.1 Å². The monoisotopic (exact) mass is 582 g/mol. The first-order valence-electron chi connectivity index (χ1n) is 14.5. The van der Waals surface area contributed by atoms with E-state index in [2.05, 4.69) is 6.08 Å². The number of carbonyl (C=O) groups is 1. The first-order valence-corrected chi connectivity index (χ1v) is 14.5. The molecule has 10 heteroatoms. The van der Waals surface area contributed by atoms with Crippen molar-refractivity contribution in [3.63, 3.8) is 0 Å². The van der Waals surface area contributed by atoms with Crippen molar-refractivity contribution >= 4 is 29.1 Å². The Hall–Kier alpha value is -4.70. The molecule has 6 rings (SSSR count). The lowest BCUT2D eigenvalue weighted by Gasteiger charge is -2.30. The smallest absolute Gasteiger partial charge is 0.293 e. The predicted octanol–water partition coefficient (Wildman–Crippen LogP) is 5.89. The number of hydrogen-bond donors (Lipinski definition) is 0. The predicted molar refractivity (Wildman–Crippen MR) is 164 cm³/mol. The van der Waals surface area contributed by atoms with Crippen LogP contribution in [0, 0.1) is 16.0 Å². The summed E-state index contributed by atoms with van der Waals surface area (Å²) in [6.07, 6.45) is 4.80. The Morgan fingerprint density at radius 2 is 1.67 bits per heavy atom. The van der Waals surface area contributed by atoms with Gasteiger partial charge in [-0.2, -0.15) is 5.10 Å². The van der Waals surface area contributed by atoms with Crippen LogP contribution in [0.4, 0.5) is 11.4 Å². The highest BCUT2D eigenvalue weighted by Crippen LogP contribution is 2.45. The third-order valence-electron chi connectivity index (χ3n) is 8.39. The number of ether oxygens (including phenoxy) is 3. The van der Waals surface area contributed by atoms with E-state index < -0.39 is 4.92 Å². The molecule has 10 nitrogen and oxygen atoms in total. The van der Waals surface area contributed by atoms with Crippen LogP contribution in [0.1, 0.15) is 46.8 Å². The highest BCUT2D eigenvalue weighted by molar-refractivity contribution is 6.09. The second-order valence-corrected chi connectivity index (χ2v) is 10.9. The Labute approximate surface area is 250 Å². The number of carbonyl (C=O) groups excluding carboxylic acids is 1. The molecule has 0 aromatic heterocycles. The summed E-state index contributed by atoms with van der Waals surface area (Å²) < 4.78 is 16.1. The molecule has 2 unspecified atom stereocenters. The molecule has 0 bridgehead atoms. The number of hydrogen-bond acceptors (Lipinski definition) is 8. The van der Waals surface area contributed by atoms with Gasteiger partial charge in [-0.1, -0.05) is 24.3 Å². The number of anilines is 1. The Balaban J connectivity index is 1.39. The van der Waals surface area contributed by atoms with Crippen LogP contribution in [0.15, 0.2) is 77.4 Å². The van der Waals surface area contributed by atoms with Crippen LogP contribution < -0.4 is 14.4 Å². The molecule has 2 atom stereocenters. The number of morpholine rings is 1. The Morgan fingerprint density at radius 3 is 2.33 bits per heavy atom. The first-order chi connectivity index (χ1) is 21.0. The van der Waals surface area contributed by atoms with E-state index >= 15 is 0 Å². The lowest BCUT2D eigenvalue weighted by atomic mass is 9.77. The minimum absolute atomic E-state index is 0.0156. The minimum Gasteiger partial charge on any atom is -0.497 e. The molecule has 2 fully saturated rings. The van der Waals surface area contributed by atoms with Crippen molar-refractivity contribution in [1.29, 1.82) is 0 Å². The summed E-state index contributed by atoms with van der Waals surface area (Å²) in [4.78, 5) is 27.8. The van der Waals surface area contributed by atoms with Gasteiger partial charge in [0.1, 0.15) is 17.2 Å². The maximum absolute atomic E-state index is 14.2. The van der Waals surface area contributed by atoms with Gasteiger partial charge in [-0.15, -0.1) is 0 Å². The van der Waals surface area contributed by atoms with Crippen molar-refractivity contribution in [3.05, 3.63) is 99.1 Å². The standard InChI is InChI=1S/C33H34N4O6/c1-41-26-11-6-22(7-12-26)20-24-4-3-5-28-31(24)34-36(32(28)23-8-13-27(42-2)14-9-23)33(38)25-10-15-29(30(21-25)37(39)40)35-16-18-43-19-17-35/h6-15,20-21,28,32H,3-5,16-19H2,1-2H3/b24-20+. The van der Waals surface area contributed by atoms with E-state index in [1.807, 2.05) is 53.4 Å². The summed E-state index contributed by atoms with van der Waals surface area (Å²) in [5.41, 5.74) is 4.55. The van der Waals surface area contributed by atoms with Gasteiger partial charge in [-0.3, -0.25) is 14.9 Å². The van der Waals surface area contributed by atoms with Gasteiger partial charge in [0.25, 0.3) is 11.6 Å². The summed E-state index contributed by atoms with van der Waals surface area (Å²) >= 11 is 0. The minimum atomic E-state index is -0.423. The molecule has 3 aromatic rings. The van der Waals surface area contributed by atoms with Gasteiger partial charge in [0, 0.05) is 30.6 Å². The number of benzene rings is 3. The normalized spacial score (nSPS) is 20.9. The second-order valence-electron chi connectivity index (χ2n) is 10.9. The summed E-state index contributed by atoms with van der Waals surface area (Å²) in [5, 5.41) is 18.6. The number of nitro benzene ring substituents is 1. The summed E-state index contributed by atoms with van der Waals surface area (Å²) in [6, 6.07) is 19.9. The zero-order chi connectivity index (χ0) is 29.9. The molecule has 222 valence electrons. The molecule has 1 saturated heterocycles. The maximum Gasteiger partial charge on any atom is 0.293 e. The van der Waals surface area contributed by atoms with Gasteiger partial charge in [0.05, 0.1) is 44.1 Å². The van der Waals surface area contributed by atoms with Crippen molar-refractivity contribution < 1.29 is 23.9 Å². The van der Waals surface area contributed by atoms with Crippen LogP contribution in [0.5, 0.6) is 11.5 Å². The van der Waals surface area contributed by atoms with Gasteiger partial charge >= 0.3 is 0 Å². The van der Waals surface area contributed by atoms with Crippen LogP contribution in [0.25, 0.3) is 6.08 Å². The fraction of sp³-hybridized carbons (Fsp3) is 0.333. The van der Waals surface area contributed by atoms with E-state index in [0.29, 0.717) is 32.0 Å². The molecular weight excluding hydrogens is 548 g/mol. The summed E-state index contributed by atoms with van der Waals surface area (Å²) in [6.45, 7) is 2.11. The number of hydrazone groups is 1. The molecular formula is C33H34N4O6. The van der Waals surface area contributed by atoms with E-state index in [-0.39, 0.29) is 29.1 Å². The number of nitrogens with zero attached hydrogens (tertiary/aromatic N) is 4. The summed E-state index contributed by atoms with van der Waals surface area (Å²) in [7, 11) is 3.26. The Bertz CT molecular complexity index is 1560. The molecule has 0 spiro atoms. The van der Waals surface area contributed by atoms with Crippen molar-refractivity contribution in [2.75, 3.05) is 45.4 Å². The topological polar surface area (TPSA) is 107 Å². The molecule has 3 aromatic carbocycles. The first kappa shape index (κ1) is 28.4. The SMILES string of the molecule is COc1ccc(/C=C2\CCCC3C2=NN(C(=O)c2ccc(N4CCOCC4)c([N+](=O)[O-])c2)C3c2ccc(OC)cc2)cc1. The van der Waals surface area contributed by atoms with Crippen molar-refractivity contribution in [1.82, 2.24) is 5.01 Å². The van der Waals surface area contributed by atoms with E-state index in [1.54, 1.807) is 26.4 Å². The summed E-state index contributed by atoms with van der Waals surface area (Å²) in [5.74, 6) is 1.12. The lowest BCUT2D eigenvalue weighted by molar-refractivity contribution is -0.384. The highest BCUT2D eigenvalue weighted by Gasteiger charge is 2.44. The maximum atomic E-state index is 14.2. The van der Waals surface area contributed by atoms with Crippen molar-refractivity contribution in [3.8, 4) is 11.5 Å². The second kappa shape index (κ2) is 12.3. The molecule has 2 heterocycles. The third-order valence-corrected chi connectivity index (χ3v) is 8.39. The zero-order valence-corrected chi connectivity index (χ0v) is 24.3. The fourth-order valence-electron chi connectivity index (χ4n) is 6.21. The largest absolute Gasteiger partial charge is 0.497 e. The van der Waals surface area contributed by atoms with Crippen LogP contribution in [-0.2, 0) is 4.74 Å². The molecule has 43 heavy (non-hydrogen) atoms. The average molecular weight is 583 g/mol. The number of rotatable bonds is 7.